The number of nitrogens with one attached hydrogen (secondary N) is 1. The Balaban J connectivity index is 2.16. The molecule has 2 rings (SSSR count). The molecular formula is C18H20BrNO4. The Bertz CT molecular complexity index is 762. The van der Waals surface area contributed by atoms with Crippen LogP contribution in [0.25, 0.3) is 0 Å². The molecule has 6 heteroatoms. The normalized spacial score (nSPS) is 13.4. The van der Waals surface area contributed by atoms with Gasteiger partial charge in [0.1, 0.15) is 5.69 Å². The average Bonchev–Trinajstić information content (AvgIpc) is 2.82. The van der Waals surface area contributed by atoms with Gasteiger partial charge >= 0.3 is 5.97 Å². The van der Waals surface area contributed by atoms with Crippen LogP contribution in [0, 0.1) is 13.8 Å². The van der Waals surface area contributed by atoms with Crippen molar-refractivity contribution in [2.75, 3.05) is 0 Å². The highest BCUT2D eigenvalue weighted by Crippen LogP contribution is 2.25. The second kappa shape index (κ2) is 7.32. The molecule has 128 valence electrons. The van der Waals surface area contributed by atoms with E-state index in [1.165, 1.54) is 0 Å². The maximum absolute atomic E-state index is 12.4. The standard InChI is InChI=1S/C18H20BrNO4/c1-9-15(11(3)21)10(2)20-16(9)18(23)24-12(4)17(22)13-5-7-14(19)8-6-13/h5-8,11-12,20-21H,1-4H3/t11-,12-/m1/s1. The summed E-state index contributed by atoms with van der Waals surface area (Å²) in [5, 5.41) is 9.79. The zero-order chi connectivity index (χ0) is 18.0. The van der Waals surface area contributed by atoms with Crippen molar-refractivity contribution in [3.8, 4) is 0 Å². The van der Waals surface area contributed by atoms with E-state index in [0.29, 0.717) is 22.4 Å². The summed E-state index contributed by atoms with van der Waals surface area (Å²) in [6.45, 7) is 6.70. The van der Waals surface area contributed by atoms with Crippen LogP contribution in [0.3, 0.4) is 0 Å². The van der Waals surface area contributed by atoms with Crippen LogP contribution in [0.4, 0.5) is 0 Å². The second-order valence-electron chi connectivity index (χ2n) is 5.76. The molecule has 0 saturated heterocycles. The smallest absolute Gasteiger partial charge is 0.355 e. The van der Waals surface area contributed by atoms with Crippen molar-refractivity contribution < 1.29 is 19.4 Å². The number of aromatic amines is 1. The quantitative estimate of drug-likeness (QED) is 0.596. The Morgan fingerprint density at radius 1 is 1.17 bits per heavy atom. The third kappa shape index (κ3) is 3.76. The predicted molar refractivity (Wildman–Crippen MR) is 94.3 cm³/mol. The minimum Gasteiger partial charge on any atom is -0.450 e. The molecule has 0 amide bonds. The first-order valence-electron chi connectivity index (χ1n) is 7.60. The van der Waals surface area contributed by atoms with Crippen molar-refractivity contribution in [1.82, 2.24) is 4.98 Å². The van der Waals surface area contributed by atoms with E-state index in [4.69, 9.17) is 4.74 Å². The number of H-pyrrole nitrogens is 1. The fourth-order valence-corrected chi connectivity index (χ4v) is 2.98. The van der Waals surface area contributed by atoms with Crippen LogP contribution in [0.1, 0.15) is 57.6 Å². The zero-order valence-corrected chi connectivity index (χ0v) is 15.6. The highest BCUT2D eigenvalue weighted by Gasteiger charge is 2.25. The van der Waals surface area contributed by atoms with Gasteiger partial charge in [0, 0.05) is 21.3 Å². The first-order valence-corrected chi connectivity index (χ1v) is 8.39. The number of aliphatic hydroxyl groups excluding tert-OH is 1. The molecule has 5 nitrogen and oxygen atoms in total. The Labute approximate surface area is 149 Å². The number of halogens is 1. The fourth-order valence-electron chi connectivity index (χ4n) is 2.72. The van der Waals surface area contributed by atoms with Crippen LogP contribution in [0.5, 0.6) is 0 Å². The Morgan fingerprint density at radius 2 is 1.75 bits per heavy atom. The Hall–Kier alpha value is -1.92. The molecular weight excluding hydrogens is 374 g/mol. The summed E-state index contributed by atoms with van der Waals surface area (Å²) >= 11 is 3.31. The summed E-state index contributed by atoms with van der Waals surface area (Å²) in [6.07, 6.45) is -1.60. The van der Waals surface area contributed by atoms with Crippen molar-refractivity contribution in [2.45, 2.75) is 39.9 Å². The van der Waals surface area contributed by atoms with Gasteiger partial charge < -0.3 is 14.8 Å². The number of rotatable bonds is 5. The van der Waals surface area contributed by atoms with Gasteiger partial charge in [-0.05, 0) is 45.4 Å². The number of benzene rings is 1. The number of aliphatic hydroxyl groups is 1. The molecule has 0 aliphatic rings. The SMILES string of the molecule is Cc1[nH]c(C(=O)O[C@H](C)C(=O)c2ccc(Br)cc2)c(C)c1[C@@H](C)O. The lowest BCUT2D eigenvalue weighted by Crippen LogP contribution is -2.25. The van der Waals surface area contributed by atoms with Crippen LogP contribution >= 0.6 is 15.9 Å². The lowest BCUT2D eigenvalue weighted by atomic mass is 10.1. The van der Waals surface area contributed by atoms with Gasteiger partial charge in [0.05, 0.1) is 6.10 Å². The van der Waals surface area contributed by atoms with E-state index >= 15 is 0 Å². The van der Waals surface area contributed by atoms with Gasteiger partial charge in [0.25, 0.3) is 0 Å². The number of hydrogen-bond acceptors (Lipinski definition) is 4. The van der Waals surface area contributed by atoms with E-state index in [9.17, 15) is 14.7 Å². The molecule has 2 N–H and O–H groups in total. The van der Waals surface area contributed by atoms with Crippen LogP contribution in [0.15, 0.2) is 28.7 Å². The molecule has 24 heavy (non-hydrogen) atoms. The molecule has 0 aliphatic heterocycles. The van der Waals surface area contributed by atoms with Crippen LogP contribution in [0.2, 0.25) is 0 Å². The molecule has 0 saturated carbocycles. The van der Waals surface area contributed by atoms with E-state index in [-0.39, 0.29) is 11.5 Å². The molecule has 2 atom stereocenters. The zero-order valence-electron chi connectivity index (χ0n) is 14.0. The number of aromatic nitrogens is 1. The number of carbonyl (C=O) groups is 2. The first kappa shape index (κ1) is 18.4. The number of Topliss-reactive ketones (excluding diaryl/α,β-unsaturated/α-hetero) is 1. The lowest BCUT2D eigenvalue weighted by Gasteiger charge is -2.12. The summed E-state index contributed by atoms with van der Waals surface area (Å²) in [6, 6.07) is 6.86. The lowest BCUT2D eigenvalue weighted by molar-refractivity contribution is 0.0313. The molecule has 0 aliphatic carbocycles. The van der Waals surface area contributed by atoms with Gasteiger partial charge in [-0.2, -0.15) is 0 Å². The number of ether oxygens (including phenoxy) is 1. The number of esters is 1. The monoisotopic (exact) mass is 393 g/mol. The molecule has 0 bridgehead atoms. The van der Waals surface area contributed by atoms with Gasteiger partial charge in [-0.1, -0.05) is 28.1 Å². The molecule has 1 aromatic heterocycles. The summed E-state index contributed by atoms with van der Waals surface area (Å²) in [7, 11) is 0. The molecule has 2 aromatic rings. The van der Waals surface area contributed by atoms with Crippen molar-refractivity contribution >= 4 is 27.7 Å². The predicted octanol–water partition coefficient (Wildman–Crippen LogP) is 3.88. The van der Waals surface area contributed by atoms with Crippen LogP contribution < -0.4 is 0 Å². The molecule has 0 radical (unpaired) electrons. The van der Waals surface area contributed by atoms with E-state index < -0.39 is 18.2 Å². The number of aryl methyl sites for hydroxylation is 1. The van der Waals surface area contributed by atoms with Gasteiger partial charge in [-0.3, -0.25) is 4.79 Å². The average molecular weight is 394 g/mol. The van der Waals surface area contributed by atoms with Gasteiger partial charge in [-0.15, -0.1) is 0 Å². The maximum atomic E-state index is 12.4. The van der Waals surface area contributed by atoms with E-state index in [1.807, 2.05) is 0 Å². The van der Waals surface area contributed by atoms with Gasteiger partial charge in [-0.25, -0.2) is 4.79 Å². The molecule has 0 fully saturated rings. The Kier molecular flexibility index (Phi) is 5.62. The van der Waals surface area contributed by atoms with E-state index in [0.717, 1.165) is 4.47 Å². The topological polar surface area (TPSA) is 79.4 Å². The van der Waals surface area contributed by atoms with Crippen molar-refractivity contribution in [3.05, 3.63) is 56.8 Å². The van der Waals surface area contributed by atoms with Gasteiger partial charge in [0.15, 0.2) is 6.10 Å². The van der Waals surface area contributed by atoms with Crippen molar-refractivity contribution in [3.63, 3.8) is 0 Å². The number of ketones is 1. The summed E-state index contributed by atoms with van der Waals surface area (Å²) in [4.78, 5) is 27.6. The van der Waals surface area contributed by atoms with E-state index in [2.05, 4.69) is 20.9 Å². The van der Waals surface area contributed by atoms with E-state index in [1.54, 1.807) is 52.0 Å². The summed E-state index contributed by atoms with van der Waals surface area (Å²) in [5.74, 6) is -0.881. The Morgan fingerprint density at radius 3 is 2.25 bits per heavy atom. The van der Waals surface area contributed by atoms with Gasteiger partial charge in [0.2, 0.25) is 5.78 Å². The minimum absolute atomic E-state index is 0.263. The number of hydrogen-bond donors (Lipinski definition) is 2. The fraction of sp³-hybridized carbons (Fsp3) is 0.333. The largest absolute Gasteiger partial charge is 0.450 e. The molecule has 1 aromatic carbocycles. The second-order valence-corrected chi connectivity index (χ2v) is 6.67. The van der Waals surface area contributed by atoms with Crippen LogP contribution in [-0.2, 0) is 4.74 Å². The molecule has 0 unspecified atom stereocenters. The number of carbonyl (C=O) groups excluding carboxylic acids is 2. The highest BCUT2D eigenvalue weighted by atomic mass is 79.9. The summed E-state index contributed by atoms with van der Waals surface area (Å²) < 4.78 is 6.17. The maximum Gasteiger partial charge on any atom is 0.355 e. The minimum atomic E-state index is -0.906. The third-order valence-electron chi connectivity index (χ3n) is 3.90. The van der Waals surface area contributed by atoms with Crippen molar-refractivity contribution in [1.29, 1.82) is 0 Å². The highest BCUT2D eigenvalue weighted by molar-refractivity contribution is 9.10. The first-order chi connectivity index (χ1) is 11.2. The molecule has 1 heterocycles. The molecule has 0 spiro atoms. The summed E-state index contributed by atoms with van der Waals surface area (Å²) in [5.41, 5.74) is 2.76. The third-order valence-corrected chi connectivity index (χ3v) is 4.43. The van der Waals surface area contributed by atoms with Crippen molar-refractivity contribution in [2.24, 2.45) is 0 Å². The van der Waals surface area contributed by atoms with Crippen LogP contribution in [-0.4, -0.2) is 27.9 Å².